The van der Waals surface area contributed by atoms with Crippen molar-refractivity contribution >= 4 is 12.2 Å². The topological polar surface area (TPSA) is 161 Å². The van der Waals surface area contributed by atoms with Crippen LogP contribution in [0.5, 0.6) is 0 Å². The van der Waals surface area contributed by atoms with E-state index in [0.717, 1.165) is 0 Å². The van der Waals surface area contributed by atoms with Gasteiger partial charge in [-0.1, -0.05) is 97.1 Å². The Morgan fingerprint density at radius 1 is 0.315 bits per heavy atom. The highest BCUT2D eigenvalue weighted by Gasteiger charge is 2.31. The minimum absolute atomic E-state index is 0.0310. The molecule has 17 heteroatoms. The summed E-state index contributed by atoms with van der Waals surface area (Å²) in [4.78, 5) is 28.4. The number of rotatable bonds is 40. The number of hydrogen-bond donors (Lipinski definition) is 0. The third-order valence-electron chi connectivity index (χ3n) is 12.2. The lowest BCUT2D eigenvalue weighted by Crippen LogP contribution is -2.32. The average molecular weight is 1020 g/mol. The lowest BCUT2D eigenvalue weighted by molar-refractivity contribution is -0.0277. The molecule has 0 fully saturated rings. The molecule has 2 aliphatic rings. The summed E-state index contributed by atoms with van der Waals surface area (Å²) < 4.78 is 72.6. The number of nitrogens with zero attached hydrogens (tertiary/aromatic N) is 2. The second-order valence-corrected chi connectivity index (χ2v) is 17.2. The Kier molecular flexibility index (Phi) is 27.0. The van der Waals surface area contributed by atoms with Gasteiger partial charge in [-0.25, -0.2) is 9.59 Å². The van der Waals surface area contributed by atoms with Crippen molar-refractivity contribution in [3.63, 3.8) is 0 Å². The lowest BCUT2D eigenvalue weighted by atomic mass is 9.98. The fourth-order valence-electron chi connectivity index (χ4n) is 8.30. The van der Waals surface area contributed by atoms with Crippen LogP contribution in [0.2, 0.25) is 0 Å². The maximum absolute atomic E-state index is 12.7. The van der Waals surface area contributed by atoms with Crippen LogP contribution in [0.25, 0.3) is 22.3 Å². The van der Waals surface area contributed by atoms with Crippen LogP contribution >= 0.6 is 0 Å². The van der Waals surface area contributed by atoms with Gasteiger partial charge in [0.05, 0.1) is 145 Å². The van der Waals surface area contributed by atoms with E-state index in [4.69, 9.17) is 61.6 Å². The number of amides is 2. The van der Waals surface area contributed by atoms with Crippen LogP contribution in [0, 0.1) is 0 Å². The smallest absolute Gasteiger partial charge is 0.409 e. The van der Waals surface area contributed by atoms with Crippen molar-refractivity contribution in [1.29, 1.82) is 0 Å². The molecule has 400 valence electrons. The molecule has 4 aromatic rings. The largest absolute Gasteiger partial charge is 0.448 e. The molecule has 0 saturated heterocycles. The Balaban J connectivity index is 0.594. The summed E-state index contributed by atoms with van der Waals surface area (Å²) in [7, 11) is 3.42. The molecule has 17 nitrogen and oxygen atoms in total. The van der Waals surface area contributed by atoms with Crippen LogP contribution in [0.4, 0.5) is 9.59 Å². The maximum atomic E-state index is 12.7. The number of benzene rings is 4. The fraction of sp³-hybridized carbons (Fsp3) is 0.536. The van der Waals surface area contributed by atoms with Crippen LogP contribution < -0.4 is 0 Å². The molecule has 0 radical (unpaired) electrons. The molecule has 4 aromatic carbocycles. The summed E-state index contributed by atoms with van der Waals surface area (Å²) in [5, 5.41) is 0. The normalized spacial score (nSPS) is 12.6. The number of carbonyl (C=O) groups excluding carboxylic acids is 2. The summed E-state index contributed by atoms with van der Waals surface area (Å²) in [6.07, 6.45) is -0.739. The number of ether oxygens (including phenoxy) is 13. The van der Waals surface area contributed by atoms with E-state index in [9.17, 15) is 9.59 Å². The molecule has 2 amide bonds. The van der Waals surface area contributed by atoms with E-state index < -0.39 is 0 Å². The first-order valence-electron chi connectivity index (χ1n) is 25.5. The molecule has 73 heavy (non-hydrogen) atoms. The van der Waals surface area contributed by atoms with E-state index in [1.54, 1.807) is 14.1 Å². The SMILES string of the molecule is CN(CCOCCOCCOCCOCCOCCOCCOCCOCCOCCOCCOCCN(C)C(=O)OCC1c2ccccc2-c2ccccc21)C(=O)OCC1c2ccccc2-c2ccccc21. The third-order valence-corrected chi connectivity index (χ3v) is 12.2. The standard InChI is InChI=1S/C56H76N2O15/c1-57(55(59)72-43-53-49-15-7-3-11-45(49)46-12-4-8-16-50(46)53)19-21-61-23-25-63-27-29-65-31-33-67-35-37-69-39-41-71-42-40-70-38-36-68-34-32-66-30-28-64-26-24-62-22-20-58(2)56(60)73-44-54-51-17-9-5-13-47(51)48-14-6-10-18-52(48)54/h3-18,53-54H,19-44H2,1-2H3. The summed E-state index contributed by atoms with van der Waals surface area (Å²) >= 11 is 0. The summed E-state index contributed by atoms with van der Waals surface area (Å²) in [5.74, 6) is 0.0621. The van der Waals surface area contributed by atoms with Gasteiger partial charge in [0.2, 0.25) is 0 Å². The third kappa shape index (κ3) is 20.0. The van der Waals surface area contributed by atoms with Crippen LogP contribution in [0.1, 0.15) is 34.1 Å². The van der Waals surface area contributed by atoms with Crippen molar-refractivity contribution in [2.45, 2.75) is 11.8 Å². The second-order valence-electron chi connectivity index (χ2n) is 17.2. The predicted molar refractivity (Wildman–Crippen MR) is 274 cm³/mol. The molecule has 2 aliphatic carbocycles. The van der Waals surface area contributed by atoms with Gasteiger partial charge in [0.1, 0.15) is 13.2 Å². The van der Waals surface area contributed by atoms with Gasteiger partial charge < -0.3 is 71.4 Å². The highest BCUT2D eigenvalue weighted by molar-refractivity contribution is 5.80. The Bertz CT molecular complexity index is 1920. The van der Waals surface area contributed by atoms with Gasteiger partial charge in [0, 0.05) is 39.0 Å². The Hall–Kier alpha value is -5.02. The van der Waals surface area contributed by atoms with Crippen molar-refractivity contribution < 1.29 is 71.2 Å². The van der Waals surface area contributed by atoms with Crippen molar-refractivity contribution in [3.05, 3.63) is 119 Å². The zero-order valence-corrected chi connectivity index (χ0v) is 42.8. The molecule has 0 saturated carbocycles. The number of fused-ring (bicyclic) bond motifs is 6. The quantitative estimate of drug-likeness (QED) is 0.0422. The number of likely N-dealkylation sites (N-methyl/N-ethyl adjacent to an activating group) is 2. The van der Waals surface area contributed by atoms with Gasteiger partial charge >= 0.3 is 12.2 Å². The van der Waals surface area contributed by atoms with Gasteiger partial charge in [-0.3, -0.25) is 0 Å². The van der Waals surface area contributed by atoms with Crippen LogP contribution in [-0.4, -0.2) is 208 Å². The molecule has 0 aliphatic heterocycles. The molecule has 0 heterocycles. The fourth-order valence-corrected chi connectivity index (χ4v) is 8.30. The predicted octanol–water partition coefficient (Wildman–Crippen LogP) is 6.93. The van der Waals surface area contributed by atoms with E-state index in [2.05, 4.69) is 48.5 Å². The van der Waals surface area contributed by atoms with Gasteiger partial charge in [0.15, 0.2) is 0 Å². The first-order valence-corrected chi connectivity index (χ1v) is 25.5. The van der Waals surface area contributed by atoms with Gasteiger partial charge in [-0.05, 0) is 44.5 Å². The molecule has 0 aromatic heterocycles. The molecule has 0 N–H and O–H groups in total. The van der Waals surface area contributed by atoms with Crippen molar-refractivity contribution in [2.75, 3.05) is 186 Å². The number of carbonyl (C=O) groups is 2. The minimum atomic E-state index is -0.369. The summed E-state index contributed by atoms with van der Waals surface area (Å²) in [6, 6.07) is 33.1. The van der Waals surface area contributed by atoms with Crippen molar-refractivity contribution in [1.82, 2.24) is 9.80 Å². The number of hydrogen-bond acceptors (Lipinski definition) is 15. The molecular formula is C56H76N2O15. The van der Waals surface area contributed by atoms with Gasteiger partial charge in [0.25, 0.3) is 0 Å². The van der Waals surface area contributed by atoms with Crippen LogP contribution in [0.15, 0.2) is 97.1 Å². The van der Waals surface area contributed by atoms with Crippen molar-refractivity contribution in [3.8, 4) is 22.3 Å². The molecule has 0 atom stereocenters. The maximum Gasteiger partial charge on any atom is 0.409 e. The second kappa shape index (κ2) is 34.5. The summed E-state index contributed by atoms with van der Waals surface area (Å²) in [5.41, 5.74) is 9.56. The summed E-state index contributed by atoms with van der Waals surface area (Å²) in [6.45, 7) is 11.4. The highest BCUT2D eigenvalue weighted by Crippen LogP contribution is 2.45. The molecule has 0 spiro atoms. The van der Waals surface area contributed by atoms with Crippen LogP contribution in [0.3, 0.4) is 0 Å². The molecular weight excluding hydrogens is 941 g/mol. The average Bonchev–Trinajstić information content (AvgIpc) is 3.92. The molecule has 0 unspecified atom stereocenters. The lowest BCUT2D eigenvalue weighted by Gasteiger charge is -2.19. The van der Waals surface area contributed by atoms with E-state index in [1.165, 1.54) is 54.3 Å². The van der Waals surface area contributed by atoms with E-state index in [1.807, 2.05) is 48.5 Å². The monoisotopic (exact) mass is 1020 g/mol. The van der Waals surface area contributed by atoms with E-state index in [-0.39, 0.29) is 24.0 Å². The molecule has 6 rings (SSSR count). The highest BCUT2D eigenvalue weighted by atomic mass is 16.6. The Labute approximate surface area is 431 Å². The van der Waals surface area contributed by atoms with E-state index in [0.29, 0.717) is 172 Å². The van der Waals surface area contributed by atoms with Gasteiger partial charge in [-0.15, -0.1) is 0 Å². The Morgan fingerprint density at radius 3 is 0.726 bits per heavy atom. The first-order chi connectivity index (χ1) is 36.0. The zero-order valence-electron chi connectivity index (χ0n) is 42.8. The van der Waals surface area contributed by atoms with Crippen molar-refractivity contribution in [2.24, 2.45) is 0 Å². The minimum Gasteiger partial charge on any atom is -0.448 e. The van der Waals surface area contributed by atoms with Gasteiger partial charge in [-0.2, -0.15) is 0 Å². The van der Waals surface area contributed by atoms with E-state index >= 15 is 0 Å². The zero-order chi connectivity index (χ0) is 51.0. The van der Waals surface area contributed by atoms with Crippen LogP contribution in [-0.2, 0) is 61.6 Å². The molecule has 0 bridgehead atoms. The first kappa shape index (κ1) is 57.3. The Morgan fingerprint density at radius 2 is 0.507 bits per heavy atom.